The molecule has 0 aliphatic heterocycles. The molecule has 8 nitrogen and oxygen atoms in total. The Morgan fingerprint density at radius 3 is 2.72 bits per heavy atom. The molecule has 25 heavy (non-hydrogen) atoms. The Bertz CT molecular complexity index is 1130. The van der Waals surface area contributed by atoms with E-state index in [4.69, 9.17) is 9.52 Å². The number of nitrogens with zero attached hydrogens (tertiary/aromatic N) is 4. The fourth-order valence-electron chi connectivity index (χ4n) is 2.70. The minimum absolute atomic E-state index is 0.00729. The van der Waals surface area contributed by atoms with Gasteiger partial charge in [-0.1, -0.05) is 18.2 Å². The number of aliphatic carboxylic acids is 1. The largest absolute Gasteiger partial charge is 0.481 e. The smallest absolute Gasteiger partial charge is 0.309 e. The zero-order valence-corrected chi connectivity index (χ0v) is 12.9. The lowest BCUT2D eigenvalue weighted by Gasteiger charge is -2.08. The number of fused-ring (bicyclic) bond motifs is 2. The molecule has 8 heteroatoms. The lowest BCUT2D eigenvalue weighted by Crippen LogP contribution is -2.26. The third-order valence-corrected chi connectivity index (χ3v) is 3.76. The van der Waals surface area contributed by atoms with E-state index in [2.05, 4.69) is 15.1 Å². The summed E-state index contributed by atoms with van der Waals surface area (Å²) in [7, 11) is 0. The second kappa shape index (κ2) is 5.82. The van der Waals surface area contributed by atoms with Crippen LogP contribution in [0.3, 0.4) is 0 Å². The number of benzene rings is 1. The van der Waals surface area contributed by atoms with Gasteiger partial charge < -0.3 is 9.52 Å². The van der Waals surface area contributed by atoms with E-state index in [-0.39, 0.29) is 24.4 Å². The highest BCUT2D eigenvalue weighted by molar-refractivity contribution is 5.86. The Balaban J connectivity index is 1.84. The lowest BCUT2D eigenvalue weighted by atomic mass is 10.1. The highest BCUT2D eigenvalue weighted by atomic mass is 16.4. The summed E-state index contributed by atoms with van der Waals surface area (Å²) in [6.07, 6.45) is 1.32. The molecule has 3 aromatic heterocycles. The van der Waals surface area contributed by atoms with Crippen molar-refractivity contribution in [1.82, 2.24) is 19.7 Å². The summed E-state index contributed by atoms with van der Waals surface area (Å²) >= 11 is 0. The first-order valence-electron chi connectivity index (χ1n) is 7.53. The van der Waals surface area contributed by atoms with E-state index in [9.17, 15) is 9.59 Å². The predicted octanol–water partition coefficient (Wildman–Crippen LogP) is 1.61. The molecule has 0 bridgehead atoms. The van der Waals surface area contributed by atoms with E-state index < -0.39 is 5.97 Å². The maximum atomic E-state index is 12.7. The van der Waals surface area contributed by atoms with Crippen LogP contribution in [-0.4, -0.2) is 30.8 Å². The van der Waals surface area contributed by atoms with Crippen LogP contribution in [0.4, 0.5) is 0 Å². The summed E-state index contributed by atoms with van der Waals surface area (Å²) in [5.74, 6) is -0.742. The maximum Gasteiger partial charge on any atom is 0.309 e. The van der Waals surface area contributed by atoms with Crippen LogP contribution in [0.1, 0.15) is 11.6 Å². The lowest BCUT2D eigenvalue weighted by molar-refractivity contribution is -0.136. The van der Waals surface area contributed by atoms with Gasteiger partial charge in [-0.2, -0.15) is 10.1 Å². The normalized spacial score (nSPS) is 11.2. The van der Waals surface area contributed by atoms with E-state index in [0.29, 0.717) is 27.7 Å². The second-order valence-corrected chi connectivity index (χ2v) is 5.46. The number of rotatable bonds is 4. The summed E-state index contributed by atoms with van der Waals surface area (Å²) in [4.78, 5) is 32.1. The van der Waals surface area contributed by atoms with Gasteiger partial charge in [0.1, 0.15) is 6.54 Å². The van der Waals surface area contributed by atoms with E-state index in [1.165, 1.54) is 4.68 Å². The number of carboxylic acids is 1. The molecule has 0 saturated carbocycles. The van der Waals surface area contributed by atoms with Crippen LogP contribution >= 0.6 is 0 Å². The van der Waals surface area contributed by atoms with Crippen LogP contribution in [0.2, 0.25) is 0 Å². The van der Waals surface area contributed by atoms with Gasteiger partial charge in [0.15, 0.2) is 11.2 Å². The molecular formula is C17H12N4O4. The molecule has 3 heterocycles. The van der Waals surface area contributed by atoms with Crippen LogP contribution in [0.25, 0.3) is 22.0 Å². The number of pyridine rings is 1. The van der Waals surface area contributed by atoms with Crippen molar-refractivity contribution in [2.45, 2.75) is 13.0 Å². The van der Waals surface area contributed by atoms with Gasteiger partial charge in [0.25, 0.3) is 5.56 Å². The number of oxazole rings is 1. The van der Waals surface area contributed by atoms with Crippen molar-refractivity contribution in [2.75, 3.05) is 0 Å². The zero-order valence-electron chi connectivity index (χ0n) is 12.9. The Morgan fingerprint density at radius 1 is 1.16 bits per heavy atom. The molecule has 0 atom stereocenters. The SMILES string of the molecule is O=C(O)Cc1nn(Cc2nc3ncccc3o2)c(=O)c2ccccc12. The Hall–Kier alpha value is -3.55. The quantitative estimate of drug-likeness (QED) is 0.602. The third kappa shape index (κ3) is 2.74. The van der Waals surface area contributed by atoms with E-state index in [1.807, 2.05) is 0 Å². The standard InChI is InChI=1S/C17H12N4O4/c22-15(23)8-12-10-4-1-2-5-11(10)17(24)21(20-12)9-14-19-16-13(25-14)6-3-7-18-16/h1-7H,8-9H2,(H,22,23). The van der Waals surface area contributed by atoms with Crippen molar-refractivity contribution in [3.05, 3.63) is 64.5 Å². The van der Waals surface area contributed by atoms with Crippen LogP contribution in [0.5, 0.6) is 0 Å². The first kappa shape index (κ1) is 15.0. The van der Waals surface area contributed by atoms with Gasteiger partial charge in [-0.25, -0.2) is 9.67 Å². The van der Waals surface area contributed by atoms with Crippen LogP contribution in [-0.2, 0) is 17.8 Å². The molecule has 4 rings (SSSR count). The zero-order chi connectivity index (χ0) is 17.4. The molecule has 0 radical (unpaired) electrons. The predicted molar refractivity (Wildman–Crippen MR) is 88.2 cm³/mol. The molecule has 4 aromatic rings. The number of hydrogen-bond acceptors (Lipinski definition) is 6. The van der Waals surface area contributed by atoms with Gasteiger partial charge in [-0.05, 0) is 18.2 Å². The fourth-order valence-corrected chi connectivity index (χ4v) is 2.70. The number of hydrogen-bond donors (Lipinski definition) is 1. The van der Waals surface area contributed by atoms with Crippen molar-refractivity contribution in [1.29, 1.82) is 0 Å². The molecule has 0 aliphatic carbocycles. The maximum absolute atomic E-state index is 12.7. The van der Waals surface area contributed by atoms with Crippen molar-refractivity contribution >= 4 is 28.0 Å². The van der Waals surface area contributed by atoms with Gasteiger partial charge in [0, 0.05) is 11.6 Å². The van der Waals surface area contributed by atoms with E-state index >= 15 is 0 Å². The number of carbonyl (C=O) groups is 1. The minimum atomic E-state index is -1.02. The molecular weight excluding hydrogens is 324 g/mol. The van der Waals surface area contributed by atoms with Crippen molar-refractivity contribution in [2.24, 2.45) is 0 Å². The van der Waals surface area contributed by atoms with Gasteiger partial charge in [0.2, 0.25) is 5.89 Å². The highest BCUT2D eigenvalue weighted by Gasteiger charge is 2.15. The summed E-state index contributed by atoms with van der Waals surface area (Å²) in [6.45, 7) is -0.00729. The topological polar surface area (TPSA) is 111 Å². The number of carboxylic acid groups (broad SMARTS) is 1. The second-order valence-electron chi connectivity index (χ2n) is 5.46. The van der Waals surface area contributed by atoms with Gasteiger partial charge in [-0.15, -0.1) is 0 Å². The highest BCUT2D eigenvalue weighted by Crippen LogP contribution is 2.16. The summed E-state index contributed by atoms with van der Waals surface area (Å²) in [6, 6.07) is 10.3. The summed E-state index contributed by atoms with van der Waals surface area (Å²) in [5.41, 5.74) is 0.936. The molecule has 124 valence electrons. The molecule has 0 saturated heterocycles. The molecule has 1 N–H and O–H groups in total. The Morgan fingerprint density at radius 2 is 1.96 bits per heavy atom. The molecule has 0 unspecified atom stereocenters. The van der Waals surface area contributed by atoms with Crippen LogP contribution in [0.15, 0.2) is 51.8 Å². The van der Waals surface area contributed by atoms with Gasteiger partial charge >= 0.3 is 5.97 Å². The minimum Gasteiger partial charge on any atom is -0.481 e. The average Bonchev–Trinajstić information content (AvgIpc) is 3.01. The Labute approximate surface area is 140 Å². The average molecular weight is 336 g/mol. The van der Waals surface area contributed by atoms with Crippen molar-refractivity contribution < 1.29 is 14.3 Å². The van der Waals surface area contributed by atoms with E-state index in [0.717, 1.165) is 0 Å². The molecule has 0 aliphatic rings. The van der Waals surface area contributed by atoms with Crippen molar-refractivity contribution in [3.8, 4) is 0 Å². The first-order valence-corrected chi connectivity index (χ1v) is 7.53. The summed E-state index contributed by atoms with van der Waals surface area (Å²) < 4.78 is 6.74. The molecule has 0 spiro atoms. The molecule has 1 aromatic carbocycles. The van der Waals surface area contributed by atoms with E-state index in [1.54, 1.807) is 42.6 Å². The first-order chi connectivity index (χ1) is 12.1. The van der Waals surface area contributed by atoms with Crippen molar-refractivity contribution in [3.63, 3.8) is 0 Å². The van der Waals surface area contributed by atoms with Crippen LogP contribution in [0, 0.1) is 0 Å². The monoisotopic (exact) mass is 336 g/mol. The summed E-state index contributed by atoms with van der Waals surface area (Å²) in [5, 5.41) is 14.3. The molecule has 0 fully saturated rings. The van der Waals surface area contributed by atoms with Gasteiger partial charge in [0.05, 0.1) is 17.5 Å². The molecule has 0 amide bonds. The Kier molecular flexibility index (Phi) is 3.50. The van der Waals surface area contributed by atoms with Gasteiger partial charge in [-0.3, -0.25) is 9.59 Å². The third-order valence-electron chi connectivity index (χ3n) is 3.76. The fraction of sp³-hybridized carbons (Fsp3) is 0.118. The van der Waals surface area contributed by atoms with Crippen LogP contribution < -0.4 is 5.56 Å². The number of aromatic nitrogens is 4.